The van der Waals surface area contributed by atoms with Gasteiger partial charge >= 0.3 is 12.2 Å². The highest BCUT2D eigenvalue weighted by Crippen LogP contribution is 2.28. The first-order valence-electron chi connectivity index (χ1n) is 12.3. The summed E-state index contributed by atoms with van der Waals surface area (Å²) in [6.45, 7) is 3.09. The molecule has 2 aromatic carbocycles. The van der Waals surface area contributed by atoms with Crippen LogP contribution in [-0.4, -0.2) is 75.8 Å². The molecule has 0 spiro atoms. The highest BCUT2D eigenvalue weighted by atomic mass is 35.5. The fraction of sp³-hybridized carbons (Fsp3) is 0.346. The third kappa shape index (κ3) is 6.00. The summed E-state index contributed by atoms with van der Waals surface area (Å²) in [5, 5.41) is 7.43. The number of nitrogens with one attached hydrogen (secondary N) is 2. The Morgan fingerprint density at radius 3 is 2.82 bits per heavy atom. The molecule has 3 aromatic rings. The highest BCUT2D eigenvalue weighted by Gasteiger charge is 2.33. The second kappa shape index (κ2) is 11.7. The van der Waals surface area contributed by atoms with E-state index in [0.717, 1.165) is 16.6 Å². The standard InChI is InChI=1S/C26H27ClFN5O5/c27-17-1-3-20-22(5-6-29-23(20)13-17)30-7-8-31-25(34)37-16-19-15-33(26(35)38-19)18-2-4-24(21(28)14-18)32-9-11-36-12-10-32/h1-6,13-14,19H,7-12,15-16H2,(H,29,30)(H,31,34)/t19-/m1/s1. The van der Waals surface area contributed by atoms with E-state index in [-0.39, 0.29) is 13.2 Å². The Balaban J connectivity index is 1.06. The first kappa shape index (κ1) is 25.8. The van der Waals surface area contributed by atoms with Gasteiger partial charge in [0.15, 0.2) is 6.10 Å². The van der Waals surface area contributed by atoms with Crippen molar-refractivity contribution in [1.82, 2.24) is 10.3 Å². The zero-order chi connectivity index (χ0) is 26.5. The maximum Gasteiger partial charge on any atom is 0.414 e. The molecule has 2 amide bonds. The summed E-state index contributed by atoms with van der Waals surface area (Å²) in [6, 6.07) is 11.9. The second-order valence-electron chi connectivity index (χ2n) is 8.82. The van der Waals surface area contributed by atoms with Crippen molar-refractivity contribution in [2.24, 2.45) is 0 Å². The number of morpholine rings is 1. The average Bonchev–Trinajstić information content (AvgIpc) is 3.30. The first-order chi connectivity index (χ1) is 18.5. The van der Waals surface area contributed by atoms with E-state index in [4.69, 9.17) is 25.8 Å². The van der Waals surface area contributed by atoms with E-state index in [1.54, 1.807) is 30.5 Å². The minimum Gasteiger partial charge on any atom is -0.446 e. The summed E-state index contributed by atoms with van der Waals surface area (Å²) in [7, 11) is 0. The Labute approximate surface area is 223 Å². The van der Waals surface area contributed by atoms with E-state index in [1.165, 1.54) is 11.0 Å². The van der Waals surface area contributed by atoms with E-state index < -0.39 is 24.1 Å². The van der Waals surface area contributed by atoms with Crippen LogP contribution in [0.3, 0.4) is 0 Å². The lowest BCUT2D eigenvalue weighted by atomic mass is 10.2. The maximum atomic E-state index is 14.8. The molecule has 12 heteroatoms. The van der Waals surface area contributed by atoms with E-state index >= 15 is 0 Å². The molecule has 2 saturated heterocycles. The number of pyridine rings is 1. The Bertz CT molecular complexity index is 1320. The summed E-state index contributed by atoms with van der Waals surface area (Å²) in [5.74, 6) is -0.423. The molecule has 5 rings (SSSR count). The van der Waals surface area contributed by atoms with Gasteiger partial charge in [-0.15, -0.1) is 0 Å². The fourth-order valence-electron chi connectivity index (χ4n) is 4.40. The fourth-order valence-corrected chi connectivity index (χ4v) is 4.57. The molecule has 1 atom stereocenters. The van der Waals surface area contributed by atoms with Crippen LogP contribution in [0, 0.1) is 5.82 Å². The number of amides is 2. The molecular weight excluding hydrogens is 517 g/mol. The number of carbonyl (C=O) groups is 2. The molecule has 3 heterocycles. The van der Waals surface area contributed by atoms with Crippen LogP contribution >= 0.6 is 11.6 Å². The number of cyclic esters (lactones) is 1. The van der Waals surface area contributed by atoms with Gasteiger partial charge in [0.2, 0.25) is 0 Å². The van der Waals surface area contributed by atoms with Gasteiger partial charge in [-0.2, -0.15) is 0 Å². The molecule has 0 aliphatic carbocycles. The summed E-state index contributed by atoms with van der Waals surface area (Å²) in [4.78, 5) is 32.0. The molecule has 0 bridgehead atoms. The molecular formula is C26H27ClFN5O5. The zero-order valence-electron chi connectivity index (χ0n) is 20.5. The van der Waals surface area contributed by atoms with Crippen molar-refractivity contribution < 1.29 is 28.2 Å². The quantitative estimate of drug-likeness (QED) is 0.410. The zero-order valence-corrected chi connectivity index (χ0v) is 21.2. The van der Waals surface area contributed by atoms with Crippen LogP contribution in [-0.2, 0) is 14.2 Å². The SMILES string of the molecule is O=C(NCCNc1ccnc2cc(Cl)ccc12)OC[C@H]1CN(c2ccc(N3CCOCC3)c(F)c2)C(=O)O1. The molecule has 200 valence electrons. The van der Waals surface area contributed by atoms with Gasteiger partial charge in [-0.25, -0.2) is 14.0 Å². The van der Waals surface area contributed by atoms with Crippen molar-refractivity contribution in [3.05, 3.63) is 59.5 Å². The molecule has 2 fully saturated rings. The van der Waals surface area contributed by atoms with Crippen LogP contribution in [0.25, 0.3) is 10.9 Å². The van der Waals surface area contributed by atoms with Gasteiger partial charge in [-0.1, -0.05) is 11.6 Å². The van der Waals surface area contributed by atoms with Gasteiger partial charge < -0.3 is 29.7 Å². The third-order valence-corrected chi connectivity index (χ3v) is 6.52. The van der Waals surface area contributed by atoms with Crippen molar-refractivity contribution in [2.45, 2.75) is 6.10 Å². The summed E-state index contributed by atoms with van der Waals surface area (Å²) in [6.07, 6.45) is -0.230. The topological polar surface area (TPSA) is 105 Å². The minimum atomic E-state index is -0.664. The van der Waals surface area contributed by atoms with Gasteiger partial charge in [-0.3, -0.25) is 9.88 Å². The number of aromatic nitrogens is 1. The normalized spacial score (nSPS) is 17.4. The lowest BCUT2D eigenvalue weighted by Gasteiger charge is -2.29. The molecule has 10 nitrogen and oxygen atoms in total. The highest BCUT2D eigenvalue weighted by molar-refractivity contribution is 6.31. The number of anilines is 3. The Kier molecular flexibility index (Phi) is 7.94. The minimum absolute atomic E-state index is 0.119. The molecule has 38 heavy (non-hydrogen) atoms. The predicted molar refractivity (Wildman–Crippen MR) is 142 cm³/mol. The first-order valence-corrected chi connectivity index (χ1v) is 12.6. The van der Waals surface area contributed by atoms with Gasteiger partial charge in [0, 0.05) is 48.5 Å². The Morgan fingerprint density at radius 2 is 2.00 bits per heavy atom. The molecule has 0 saturated carbocycles. The largest absolute Gasteiger partial charge is 0.446 e. The lowest BCUT2D eigenvalue weighted by Crippen LogP contribution is -2.36. The molecule has 2 aliphatic heterocycles. The number of hydrogen-bond donors (Lipinski definition) is 2. The Morgan fingerprint density at radius 1 is 1.16 bits per heavy atom. The number of carbonyl (C=O) groups excluding carboxylic acids is 2. The number of benzene rings is 2. The van der Waals surface area contributed by atoms with Crippen LogP contribution in [0.5, 0.6) is 0 Å². The maximum absolute atomic E-state index is 14.8. The van der Waals surface area contributed by atoms with Gasteiger partial charge in [0.1, 0.15) is 12.4 Å². The van der Waals surface area contributed by atoms with Crippen LogP contribution in [0.4, 0.5) is 31.0 Å². The number of halogens is 2. The molecule has 1 aromatic heterocycles. The second-order valence-corrected chi connectivity index (χ2v) is 9.26. The number of hydrogen-bond acceptors (Lipinski definition) is 8. The van der Waals surface area contributed by atoms with Gasteiger partial charge in [0.05, 0.1) is 36.6 Å². The molecule has 0 radical (unpaired) electrons. The number of ether oxygens (including phenoxy) is 3. The van der Waals surface area contributed by atoms with Gasteiger partial charge in [-0.05, 0) is 42.5 Å². The number of fused-ring (bicyclic) bond motifs is 1. The van der Waals surface area contributed by atoms with Crippen molar-refractivity contribution in [2.75, 3.05) is 67.7 Å². The van der Waals surface area contributed by atoms with E-state index in [9.17, 15) is 14.0 Å². The average molecular weight is 544 g/mol. The number of alkyl carbamates (subject to hydrolysis) is 1. The summed E-state index contributed by atoms with van der Waals surface area (Å²) in [5.41, 5.74) is 2.49. The third-order valence-electron chi connectivity index (χ3n) is 6.28. The van der Waals surface area contributed by atoms with Gasteiger partial charge in [0.25, 0.3) is 0 Å². The van der Waals surface area contributed by atoms with Crippen molar-refractivity contribution in [3.8, 4) is 0 Å². The summed E-state index contributed by atoms with van der Waals surface area (Å²) < 4.78 is 30.6. The molecule has 0 unspecified atom stereocenters. The van der Waals surface area contributed by atoms with Crippen LogP contribution in [0.1, 0.15) is 0 Å². The van der Waals surface area contributed by atoms with Crippen LogP contribution in [0.2, 0.25) is 5.02 Å². The van der Waals surface area contributed by atoms with E-state index in [2.05, 4.69) is 15.6 Å². The van der Waals surface area contributed by atoms with E-state index in [0.29, 0.717) is 55.8 Å². The van der Waals surface area contributed by atoms with Crippen molar-refractivity contribution in [1.29, 1.82) is 0 Å². The van der Waals surface area contributed by atoms with Crippen LogP contribution < -0.4 is 20.4 Å². The van der Waals surface area contributed by atoms with E-state index in [1.807, 2.05) is 17.0 Å². The summed E-state index contributed by atoms with van der Waals surface area (Å²) >= 11 is 6.02. The monoisotopic (exact) mass is 543 g/mol. The smallest absolute Gasteiger partial charge is 0.414 e. The number of rotatable bonds is 8. The number of nitrogens with zero attached hydrogens (tertiary/aromatic N) is 3. The van der Waals surface area contributed by atoms with Crippen molar-refractivity contribution >= 4 is 51.8 Å². The van der Waals surface area contributed by atoms with Crippen molar-refractivity contribution in [3.63, 3.8) is 0 Å². The Hall–Kier alpha value is -3.83. The molecule has 2 N–H and O–H groups in total. The lowest BCUT2D eigenvalue weighted by molar-refractivity contribution is 0.0738. The van der Waals surface area contributed by atoms with Crippen LogP contribution in [0.15, 0.2) is 48.7 Å². The predicted octanol–water partition coefficient (Wildman–Crippen LogP) is 4.03. The molecule has 2 aliphatic rings.